The molecule has 1 saturated heterocycles. The molecule has 0 bridgehead atoms. The first kappa shape index (κ1) is 44.8. The number of benzene rings is 2. The highest BCUT2D eigenvalue weighted by Gasteiger charge is 2.32. The third-order valence-corrected chi connectivity index (χ3v) is 10.6. The van der Waals surface area contributed by atoms with Gasteiger partial charge >= 0.3 is 6.18 Å². The number of hydrogen-bond donors (Lipinski definition) is 6. The van der Waals surface area contributed by atoms with Crippen molar-refractivity contribution in [2.45, 2.75) is 83.3 Å². The van der Waals surface area contributed by atoms with Crippen LogP contribution < -0.4 is 37.9 Å². The number of carbonyl (C=O) groups is 2. The molecule has 2 amide bonds. The Hall–Kier alpha value is -5.26. The van der Waals surface area contributed by atoms with Gasteiger partial charge in [0.05, 0.1) is 17.0 Å². The Morgan fingerprint density at radius 1 is 0.949 bits per heavy atom. The molecule has 17 heteroatoms. The average molecular weight is 823 g/mol. The van der Waals surface area contributed by atoms with Crippen molar-refractivity contribution in [2.24, 2.45) is 18.7 Å². The summed E-state index contributed by atoms with van der Waals surface area (Å²) in [5.74, 6) is -0.454. The Morgan fingerprint density at radius 3 is 2.34 bits per heavy atom. The van der Waals surface area contributed by atoms with Gasteiger partial charge in [-0.2, -0.15) is 13.2 Å². The Kier molecular flexibility index (Phi) is 15.3. The summed E-state index contributed by atoms with van der Waals surface area (Å²) in [5.41, 5.74) is 13.0. The molecule has 1 aliphatic heterocycles. The number of hydrogen-bond acceptors (Lipinski definition) is 11. The quantitative estimate of drug-likeness (QED) is 0.0628. The van der Waals surface area contributed by atoms with Gasteiger partial charge in [-0.25, -0.2) is 9.97 Å². The minimum atomic E-state index is -4.55. The number of pyridine rings is 1. The van der Waals surface area contributed by atoms with Crippen LogP contribution in [0, 0.1) is 5.92 Å². The van der Waals surface area contributed by atoms with Crippen LogP contribution in [0.5, 0.6) is 0 Å². The van der Waals surface area contributed by atoms with Gasteiger partial charge in [0.1, 0.15) is 35.6 Å². The molecule has 1 aliphatic rings. The van der Waals surface area contributed by atoms with Crippen LogP contribution in [-0.2, 0) is 29.2 Å². The number of aliphatic hydroxyl groups is 1. The fourth-order valence-electron chi connectivity index (χ4n) is 7.31. The number of halogens is 3. The summed E-state index contributed by atoms with van der Waals surface area (Å²) in [7, 11) is 1.63. The second-order valence-corrected chi connectivity index (χ2v) is 15.8. The molecule has 5 rings (SSSR count). The molecule has 0 spiro atoms. The first-order valence-corrected chi connectivity index (χ1v) is 20.1. The smallest absolute Gasteiger partial charge is 0.399 e. The van der Waals surface area contributed by atoms with E-state index in [0.29, 0.717) is 60.6 Å². The van der Waals surface area contributed by atoms with Crippen LogP contribution in [0.4, 0.5) is 30.4 Å². The molecule has 14 nitrogen and oxygen atoms in total. The van der Waals surface area contributed by atoms with E-state index >= 15 is 0 Å². The number of anilines is 3. The van der Waals surface area contributed by atoms with Crippen LogP contribution in [-0.4, -0.2) is 93.8 Å². The summed E-state index contributed by atoms with van der Waals surface area (Å²) >= 11 is 0. The van der Waals surface area contributed by atoms with E-state index in [1.165, 1.54) is 17.0 Å². The van der Waals surface area contributed by atoms with Gasteiger partial charge in [-0.15, -0.1) is 0 Å². The van der Waals surface area contributed by atoms with Crippen LogP contribution in [0.25, 0.3) is 11.0 Å². The fourth-order valence-corrected chi connectivity index (χ4v) is 7.31. The van der Waals surface area contributed by atoms with Gasteiger partial charge in [-0.1, -0.05) is 50.6 Å². The zero-order valence-electron chi connectivity index (χ0n) is 34.1. The van der Waals surface area contributed by atoms with Gasteiger partial charge in [-0.05, 0) is 80.5 Å². The number of carbonyl (C=O) groups excluding carboxylic acids is 2. The number of nitrogen functional groups attached to an aromatic ring is 1. The molecule has 8 N–H and O–H groups in total. The normalized spacial score (nSPS) is 15.8. The number of rotatable bonds is 18. The minimum Gasteiger partial charge on any atom is -0.399 e. The molecule has 3 heterocycles. The number of unbranched alkanes of at least 4 members (excludes halogenated alkanes) is 2. The monoisotopic (exact) mass is 822 g/mol. The van der Waals surface area contributed by atoms with Crippen molar-refractivity contribution in [1.29, 1.82) is 0 Å². The third kappa shape index (κ3) is 12.1. The molecule has 4 atom stereocenters. The maximum Gasteiger partial charge on any atom is 0.416 e. The summed E-state index contributed by atoms with van der Waals surface area (Å²) in [4.78, 5) is 52.6. The summed E-state index contributed by atoms with van der Waals surface area (Å²) < 4.78 is 41.9. The van der Waals surface area contributed by atoms with Gasteiger partial charge in [0.25, 0.3) is 11.5 Å². The van der Waals surface area contributed by atoms with E-state index in [1.807, 2.05) is 49.1 Å². The topological polar surface area (TPSA) is 197 Å². The second-order valence-electron chi connectivity index (χ2n) is 15.8. The fraction of sp³-hybridized carbons (Fsp3) is 0.500. The number of amides is 2. The highest BCUT2D eigenvalue weighted by atomic mass is 19.4. The van der Waals surface area contributed by atoms with Crippen molar-refractivity contribution in [1.82, 2.24) is 30.1 Å². The lowest BCUT2D eigenvalue weighted by molar-refractivity contribution is -0.137. The van der Waals surface area contributed by atoms with Crippen LogP contribution in [0.15, 0.2) is 65.7 Å². The molecular weight excluding hydrogens is 766 g/mol. The molecule has 2 aromatic heterocycles. The van der Waals surface area contributed by atoms with Crippen molar-refractivity contribution in [3.63, 3.8) is 0 Å². The molecule has 4 aromatic rings. The Labute approximate surface area is 342 Å². The number of aliphatic hydroxyl groups excluding tert-OH is 1. The van der Waals surface area contributed by atoms with E-state index in [0.717, 1.165) is 56.6 Å². The van der Waals surface area contributed by atoms with Gasteiger partial charge < -0.3 is 37.4 Å². The number of nitrogens with zero attached hydrogens (tertiary/aromatic N) is 5. The number of fused-ring (bicyclic) bond motifs is 1. The van der Waals surface area contributed by atoms with Gasteiger partial charge in [0, 0.05) is 51.5 Å². The summed E-state index contributed by atoms with van der Waals surface area (Å²) in [5, 5.41) is 20.0. The molecule has 0 aliphatic carbocycles. The first-order valence-electron chi connectivity index (χ1n) is 20.1. The largest absolute Gasteiger partial charge is 0.416 e. The van der Waals surface area contributed by atoms with Crippen molar-refractivity contribution in [2.75, 3.05) is 55.2 Å². The molecule has 0 saturated carbocycles. The first-order chi connectivity index (χ1) is 28.0. The van der Waals surface area contributed by atoms with E-state index in [4.69, 9.17) is 11.5 Å². The van der Waals surface area contributed by atoms with Crippen molar-refractivity contribution in [3.05, 3.63) is 88.0 Å². The summed E-state index contributed by atoms with van der Waals surface area (Å²) in [6.07, 6.45) is -1.42. The number of nitrogens with one attached hydrogen (secondary N) is 3. The molecule has 1 fully saturated rings. The van der Waals surface area contributed by atoms with E-state index in [9.17, 15) is 32.7 Å². The average Bonchev–Trinajstić information content (AvgIpc) is 3.20. The van der Waals surface area contributed by atoms with Crippen LogP contribution in [0.1, 0.15) is 69.2 Å². The maximum atomic E-state index is 13.5. The Balaban J connectivity index is 1.09. The number of alkyl halides is 3. The summed E-state index contributed by atoms with van der Waals surface area (Å²) in [6.45, 7) is 9.63. The van der Waals surface area contributed by atoms with Crippen LogP contribution >= 0.6 is 0 Å². The molecule has 320 valence electrons. The number of aromatic nitrogens is 3. The van der Waals surface area contributed by atoms with Crippen LogP contribution in [0.2, 0.25) is 0 Å². The van der Waals surface area contributed by atoms with E-state index in [2.05, 4.69) is 30.8 Å². The lowest BCUT2D eigenvalue weighted by atomic mass is 9.99. The number of piperazine rings is 1. The lowest BCUT2D eigenvalue weighted by Crippen LogP contribution is -2.54. The number of nitrogens with two attached hydrogens (primary N) is 2. The van der Waals surface area contributed by atoms with Gasteiger partial charge in [0.2, 0.25) is 5.91 Å². The second kappa shape index (κ2) is 20.1. The Morgan fingerprint density at radius 2 is 1.66 bits per heavy atom. The molecule has 59 heavy (non-hydrogen) atoms. The lowest BCUT2D eigenvalue weighted by Gasteiger charge is -2.36. The predicted molar refractivity (Wildman–Crippen MR) is 224 cm³/mol. The summed E-state index contributed by atoms with van der Waals surface area (Å²) in [6, 6.07) is 12.3. The SMILES string of the molecule is CC(C)CC(NC(=O)C(O)C(N)Cc1ccccc1)C(=O)NCCCCCN1CCN(c2cc3c(NC(C)c4cc(N)cc(C(F)(F)F)c4)ncnc3n(C)c2=O)CC1. The third-order valence-electron chi connectivity index (χ3n) is 10.6. The van der Waals surface area contributed by atoms with Crippen molar-refractivity contribution in [3.8, 4) is 0 Å². The standard InChI is InChI=1S/C42H57F3N10O4/c1-26(2)19-34(52-40(58)36(56)33(47)20-28-11-7-5-8-12-28)39(57)48-13-9-6-10-14-54-15-17-55(18-16-54)35-24-32-37(49-25-50-38(32)53(4)41(35)59)51-27(3)29-21-30(42(43,44)45)23-31(46)22-29/h5,7-8,11-12,21-27,33-34,36,56H,6,9-10,13-20,46-47H2,1-4H3,(H,48,57)(H,52,58)(H,49,50,51). The van der Waals surface area contributed by atoms with E-state index < -0.39 is 41.9 Å². The molecule has 4 unspecified atom stereocenters. The molecule has 2 aromatic carbocycles. The minimum absolute atomic E-state index is 0.00233. The van der Waals surface area contributed by atoms with E-state index in [1.54, 1.807) is 20.0 Å². The van der Waals surface area contributed by atoms with Gasteiger partial charge in [0.15, 0.2) is 0 Å². The zero-order valence-corrected chi connectivity index (χ0v) is 34.1. The van der Waals surface area contributed by atoms with Gasteiger partial charge in [-0.3, -0.25) is 23.9 Å². The van der Waals surface area contributed by atoms with Crippen molar-refractivity contribution < 1.29 is 27.9 Å². The van der Waals surface area contributed by atoms with Crippen LogP contribution in [0.3, 0.4) is 0 Å². The zero-order chi connectivity index (χ0) is 42.9. The van der Waals surface area contributed by atoms with Crippen molar-refractivity contribution >= 4 is 40.0 Å². The number of aryl methyl sites for hydroxylation is 1. The maximum absolute atomic E-state index is 13.5. The predicted octanol–water partition coefficient (Wildman–Crippen LogP) is 3.97. The Bertz CT molecular complexity index is 2090. The molecule has 0 radical (unpaired) electrons. The highest BCUT2D eigenvalue weighted by molar-refractivity contribution is 5.90. The van der Waals surface area contributed by atoms with E-state index in [-0.39, 0.29) is 23.1 Å². The molecular formula is C42H57F3N10O4. The highest BCUT2D eigenvalue weighted by Crippen LogP contribution is 2.34.